The third-order valence-electron chi connectivity index (χ3n) is 2.08. The predicted molar refractivity (Wildman–Crippen MR) is 65.5 cm³/mol. The molecular weight excluding hydrogens is 224 g/mol. The number of carbonyl (C=O) groups is 1. The number of rotatable bonds is 2. The van der Waals surface area contributed by atoms with Crippen LogP contribution in [0.15, 0.2) is 18.5 Å². The monoisotopic (exact) mass is 240 g/mol. The minimum atomic E-state index is -0.687. The van der Waals surface area contributed by atoms with Gasteiger partial charge in [-0.25, -0.2) is 0 Å². The molecule has 1 aromatic heterocycles. The number of aromatic nitrogens is 1. The molecule has 1 heterocycles. The Labute approximate surface area is 101 Å². The lowest BCUT2D eigenvalue weighted by Crippen LogP contribution is -2.42. The first kappa shape index (κ1) is 13.0. The van der Waals surface area contributed by atoms with E-state index < -0.39 is 5.38 Å². The number of nitrogens with zero attached hydrogens (tertiary/aromatic N) is 1. The third kappa shape index (κ3) is 3.49. The van der Waals surface area contributed by atoms with Gasteiger partial charge in [0.05, 0.1) is 0 Å². The van der Waals surface area contributed by atoms with Gasteiger partial charge in [0.15, 0.2) is 0 Å². The Hall–Kier alpha value is -1.09. The highest BCUT2D eigenvalue weighted by molar-refractivity contribution is 6.30. The lowest BCUT2D eigenvalue weighted by molar-refractivity contribution is -0.122. The number of aryl methyl sites for hydroxylation is 1. The molecule has 4 heteroatoms. The van der Waals surface area contributed by atoms with Crippen molar-refractivity contribution in [2.45, 2.75) is 38.6 Å². The molecular formula is C12H17ClN2O. The van der Waals surface area contributed by atoms with Gasteiger partial charge >= 0.3 is 0 Å². The van der Waals surface area contributed by atoms with Gasteiger partial charge in [-0.15, -0.1) is 11.6 Å². The Balaban J connectivity index is 2.83. The van der Waals surface area contributed by atoms with E-state index in [1.54, 1.807) is 12.4 Å². The maximum atomic E-state index is 11.8. The van der Waals surface area contributed by atoms with Crippen molar-refractivity contribution in [3.63, 3.8) is 0 Å². The van der Waals surface area contributed by atoms with Crippen molar-refractivity contribution >= 4 is 17.5 Å². The van der Waals surface area contributed by atoms with Gasteiger partial charge < -0.3 is 5.32 Å². The van der Waals surface area contributed by atoms with Crippen LogP contribution in [0.3, 0.4) is 0 Å². The van der Waals surface area contributed by atoms with Crippen molar-refractivity contribution in [1.29, 1.82) is 0 Å². The average Bonchev–Trinajstić information content (AvgIpc) is 2.15. The second-order valence-corrected chi connectivity index (χ2v) is 5.27. The normalized spacial score (nSPS) is 13.3. The summed E-state index contributed by atoms with van der Waals surface area (Å²) in [5, 5.41) is 2.16. The zero-order valence-electron chi connectivity index (χ0n) is 10.0. The summed E-state index contributed by atoms with van der Waals surface area (Å²) in [6.45, 7) is 7.68. The van der Waals surface area contributed by atoms with E-state index in [0.717, 1.165) is 11.1 Å². The van der Waals surface area contributed by atoms with E-state index in [1.165, 1.54) is 0 Å². The Kier molecular flexibility index (Phi) is 3.92. The van der Waals surface area contributed by atoms with E-state index in [0.29, 0.717) is 0 Å². The van der Waals surface area contributed by atoms with Crippen molar-refractivity contribution < 1.29 is 4.79 Å². The van der Waals surface area contributed by atoms with Crippen LogP contribution in [0.1, 0.15) is 37.3 Å². The smallest absolute Gasteiger partial charge is 0.243 e. The Bertz CT molecular complexity index is 385. The molecule has 0 aliphatic heterocycles. The average molecular weight is 241 g/mol. The van der Waals surface area contributed by atoms with Gasteiger partial charge in [-0.05, 0) is 39.3 Å². The quantitative estimate of drug-likeness (QED) is 0.808. The zero-order valence-corrected chi connectivity index (χ0v) is 10.8. The molecule has 1 unspecified atom stereocenters. The number of amides is 1. The lowest BCUT2D eigenvalue weighted by Gasteiger charge is -2.22. The fourth-order valence-electron chi connectivity index (χ4n) is 1.32. The van der Waals surface area contributed by atoms with Crippen LogP contribution in [-0.2, 0) is 4.79 Å². The lowest BCUT2D eigenvalue weighted by atomic mass is 10.1. The van der Waals surface area contributed by atoms with E-state index in [1.807, 2.05) is 33.8 Å². The molecule has 1 rings (SSSR count). The SMILES string of the molecule is Cc1ccncc1C(Cl)C(=O)NC(C)(C)C. The maximum absolute atomic E-state index is 11.8. The van der Waals surface area contributed by atoms with Crippen LogP contribution in [0, 0.1) is 6.92 Å². The molecule has 1 atom stereocenters. The van der Waals surface area contributed by atoms with Gasteiger partial charge in [0, 0.05) is 23.5 Å². The van der Waals surface area contributed by atoms with Gasteiger partial charge in [0.1, 0.15) is 5.38 Å². The second-order valence-electron chi connectivity index (χ2n) is 4.83. The molecule has 1 N–H and O–H groups in total. The van der Waals surface area contributed by atoms with Gasteiger partial charge in [0.2, 0.25) is 5.91 Å². The van der Waals surface area contributed by atoms with Crippen molar-refractivity contribution in [1.82, 2.24) is 10.3 Å². The van der Waals surface area contributed by atoms with Gasteiger partial charge in [-0.1, -0.05) is 0 Å². The summed E-state index contributed by atoms with van der Waals surface area (Å²) < 4.78 is 0. The molecule has 1 amide bonds. The fourth-order valence-corrected chi connectivity index (χ4v) is 1.60. The molecule has 0 spiro atoms. The first-order valence-electron chi connectivity index (χ1n) is 5.18. The summed E-state index contributed by atoms with van der Waals surface area (Å²) in [5.74, 6) is -0.190. The van der Waals surface area contributed by atoms with Crippen LogP contribution in [0.5, 0.6) is 0 Å². The Morgan fingerprint density at radius 3 is 2.62 bits per heavy atom. The number of nitrogens with one attached hydrogen (secondary N) is 1. The number of alkyl halides is 1. The van der Waals surface area contributed by atoms with Crippen LogP contribution >= 0.6 is 11.6 Å². The number of halogens is 1. The zero-order chi connectivity index (χ0) is 12.3. The van der Waals surface area contributed by atoms with Crippen molar-refractivity contribution in [2.24, 2.45) is 0 Å². The molecule has 0 aliphatic rings. The highest BCUT2D eigenvalue weighted by Gasteiger charge is 2.23. The van der Waals surface area contributed by atoms with Crippen molar-refractivity contribution in [3.8, 4) is 0 Å². The standard InChI is InChI=1S/C12H17ClN2O/c1-8-5-6-14-7-9(8)10(13)11(16)15-12(2,3)4/h5-7,10H,1-4H3,(H,15,16). The van der Waals surface area contributed by atoms with Crippen LogP contribution in [0.2, 0.25) is 0 Å². The number of pyridine rings is 1. The molecule has 0 aliphatic carbocycles. The molecule has 0 radical (unpaired) electrons. The topological polar surface area (TPSA) is 42.0 Å². The first-order chi connectivity index (χ1) is 7.31. The molecule has 0 aromatic carbocycles. The van der Waals surface area contributed by atoms with Gasteiger partial charge in [0.25, 0.3) is 0 Å². The Morgan fingerprint density at radius 2 is 2.12 bits per heavy atom. The molecule has 16 heavy (non-hydrogen) atoms. The molecule has 0 saturated heterocycles. The van der Waals surface area contributed by atoms with Gasteiger partial charge in [-0.3, -0.25) is 9.78 Å². The predicted octanol–water partition coefficient (Wildman–Crippen LogP) is 2.58. The summed E-state index contributed by atoms with van der Waals surface area (Å²) in [4.78, 5) is 15.8. The summed E-state index contributed by atoms with van der Waals surface area (Å²) in [5.41, 5.74) is 1.45. The minimum absolute atomic E-state index is 0.190. The maximum Gasteiger partial charge on any atom is 0.243 e. The molecule has 0 saturated carbocycles. The largest absolute Gasteiger partial charge is 0.350 e. The Morgan fingerprint density at radius 1 is 1.50 bits per heavy atom. The van der Waals surface area contributed by atoms with Crippen LogP contribution in [0.25, 0.3) is 0 Å². The van der Waals surface area contributed by atoms with E-state index in [-0.39, 0.29) is 11.4 Å². The van der Waals surface area contributed by atoms with Crippen molar-refractivity contribution in [2.75, 3.05) is 0 Å². The second kappa shape index (κ2) is 4.83. The summed E-state index contributed by atoms with van der Waals surface area (Å²) in [7, 11) is 0. The molecule has 0 bridgehead atoms. The molecule has 1 aromatic rings. The summed E-state index contributed by atoms with van der Waals surface area (Å²) >= 11 is 6.12. The van der Waals surface area contributed by atoms with Crippen molar-refractivity contribution in [3.05, 3.63) is 29.6 Å². The van der Waals surface area contributed by atoms with Crippen LogP contribution in [-0.4, -0.2) is 16.4 Å². The first-order valence-corrected chi connectivity index (χ1v) is 5.61. The number of carbonyl (C=O) groups excluding carboxylic acids is 1. The summed E-state index contributed by atoms with van der Waals surface area (Å²) in [6, 6.07) is 1.84. The number of hydrogen-bond acceptors (Lipinski definition) is 2. The van der Waals surface area contributed by atoms with Crippen LogP contribution in [0.4, 0.5) is 0 Å². The van der Waals surface area contributed by atoms with E-state index in [9.17, 15) is 4.79 Å². The molecule has 0 fully saturated rings. The van der Waals surface area contributed by atoms with E-state index >= 15 is 0 Å². The number of hydrogen-bond donors (Lipinski definition) is 1. The molecule has 88 valence electrons. The summed E-state index contributed by atoms with van der Waals surface area (Å²) in [6.07, 6.45) is 3.32. The highest BCUT2D eigenvalue weighted by atomic mass is 35.5. The minimum Gasteiger partial charge on any atom is -0.350 e. The van der Waals surface area contributed by atoms with E-state index in [2.05, 4.69) is 10.3 Å². The van der Waals surface area contributed by atoms with Crippen LogP contribution < -0.4 is 5.32 Å². The third-order valence-corrected chi connectivity index (χ3v) is 2.51. The van der Waals surface area contributed by atoms with Gasteiger partial charge in [-0.2, -0.15) is 0 Å². The van der Waals surface area contributed by atoms with E-state index in [4.69, 9.17) is 11.6 Å². The fraction of sp³-hybridized carbons (Fsp3) is 0.500. The highest BCUT2D eigenvalue weighted by Crippen LogP contribution is 2.23. The molecule has 3 nitrogen and oxygen atoms in total.